The third-order valence-electron chi connectivity index (χ3n) is 3.02. The van der Waals surface area contributed by atoms with Gasteiger partial charge in [0.1, 0.15) is 0 Å². The van der Waals surface area contributed by atoms with Crippen molar-refractivity contribution in [3.05, 3.63) is 30.1 Å². The molecule has 0 aliphatic heterocycles. The first-order chi connectivity index (χ1) is 9.22. The summed E-state index contributed by atoms with van der Waals surface area (Å²) in [6.45, 7) is 2.44. The Hall–Kier alpha value is -1.07. The highest BCUT2D eigenvalue weighted by Gasteiger charge is 2.21. The maximum absolute atomic E-state index is 12.2. The van der Waals surface area contributed by atoms with E-state index in [4.69, 9.17) is 0 Å². The molecular weight excluding hydrogens is 260 g/mol. The molecule has 0 radical (unpaired) electrons. The van der Waals surface area contributed by atoms with Gasteiger partial charge in [-0.3, -0.25) is 9.78 Å². The molecular formula is C14H22N2O2S. The summed E-state index contributed by atoms with van der Waals surface area (Å²) in [6, 6.07) is 5.54. The molecule has 1 heterocycles. The molecule has 0 aliphatic carbocycles. The lowest BCUT2D eigenvalue weighted by molar-refractivity contribution is -0.134. The summed E-state index contributed by atoms with van der Waals surface area (Å²) < 4.78 is 0. The maximum atomic E-state index is 12.2. The second kappa shape index (κ2) is 8.93. The van der Waals surface area contributed by atoms with Crippen LogP contribution in [0.5, 0.6) is 0 Å². The van der Waals surface area contributed by atoms with Crippen molar-refractivity contribution >= 4 is 17.7 Å². The maximum Gasteiger partial charge on any atom is 0.224 e. The zero-order valence-electron chi connectivity index (χ0n) is 11.6. The molecule has 1 N–H and O–H groups in total. The number of hydrogen-bond donors (Lipinski definition) is 1. The number of rotatable bonds is 8. The number of pyridine rings is 1. The van der Waals surface area contributed by atoms with E-state index in [1.165, 1.54) is 0 Å². The number of hydrogen-bond acceptors (Lipinski definition) is 4. The van der Waals surface area contributed by atoms with Crippen LogP contribution in [0.2, 0.25) is 0 Å². The van der Waals surface area contributed by atoms with Crippen LogP contribution >= 0.6 is 11.8 Å². The Balaban J connectivity index is 2.76. The van der Waals surface area contributed by atoms with E-state index in [9.17, 15) is 9.90 Å². The summed E-state index contributed by atoms with van der Waals surface area (Å²) >= 11 is 1.65. The molecule has 1 rings (SSSR count). The quantitative estimate of drug-likeness (QED) is 0.791. The van der Waals surface area contributed by atoms with E-state index in [1.807, 2.05) is 31.4 Å². The van der Waals surface area contributed by atoms with E-state index >= 15 is 0 Å². The van der Waals surface area contributed by atoms with Crippen molar-refractivity contribution < 1.29 is 9.90 Å². The van der Waals surface area contributed by atoms with Crippen LogP contribution in [0, 0.1) is 0 Å². The molecule has 0 spiro atoms. The first-order valence-corrected chi connectivity index (χ1v) is 7.91. The summed E-state index contributed by atoms with van der Waals surface area (Å²) in [5.41, 5.74) is 0.854. The first kappa shape index (κ1) is 16.0. The molecule has 0 aliphatic rings. The predicted octanol–water partition coefficient (Wildman–Crippen LogP) is 1.93. The molecule has 0 saturated heterocycles. The lowest BCUT2D eigenvalue weighted by Gasteiger charge is -2.29. The van der Waals surface area contributed by atoms with Gasteiger partial charge in [-0.2, -0.15) is 11.8 Å². The normalized spacial score (nSPS) is 12.2. The highest BCUT2D eigenvalue weighted by Crippen LogP contribution is 2.12. The van der Waals surface area contributed by atoms with Gasteiger partial charge in [0.05, 0.1) is 24.9 Å². The Morgan fingerprint density at radius 2 is 2.32 bits per heavy atom. The van der Waals surface area contributed by atoms with Gasteiger partial charge in [0.15, 0.2) is 0 Å². The summed E-state index contributed by atoms with van der Waals surface area (Å²) in [7, 11) is 0. The van der Waals surface area contributed by atoms with E-state index in [2.05, 4.69) is 4.98 Å². The molecule has 19 heavy (non-hydrogen) atoms. The monoisotopic (exact) mass is 282 g/mol. The second-order valence-corrected chi connectivity index (χ2v) is 5.32. The van der Waals surface area contributed by atoms with Gasteiger partial charge in [-0.05, 0) is 24.8 Å². The van der Waals surface area contributed by atoms with Crippen LogP contribution in [0.3, 0.4) is 0 Å². The zero-order valence-corrected chi connectivity index (χ0v) is 12.4. The summed E-state index contributed by atoms with van der Waals surface area (Å²) in [6.07, 6.45) is 4.96. The van der Waals surface area contributed by atoms with Gasteiger partial charge in [-0.25, -0.2) is 0 Å². The molecule has 1 amide bonds. The van der Waals surface area contributed by atoms with Gasteiger partial charge >= 0.3 is 0 Å². The molecule has 0 fully saturated rings. The van der Waals surface area contributed by atoms with E-state index in [0.717, 1.165) is 17.9 Å². The fourth-order valence-corrected chi connectivity index (χ4v) is 2.25. The highest BCUT2D eigenvalue weighted by molar-refractivity contribution is 7.98. The van der Waals surface area contributed by atoms with Crippen molar-refractivity contribution in [1.29, 1.82) is 0 Å². The predicted molar refractivity (Wildman–Crippen MR) is 79.0 cm³/mol. The molecule has 0 saturated carbocycles. The molecule has 1 aromatic rings. The van der Waals surface area contributed by atoms with Gasteiger partial charge in [-0.1, -0.05) is 13.0 Å². The van der Waals surface area contributed by atoms with E-state index in [-0.39, 0.29) is 18.6 Å². The molecule has 1 atom stereocenters. The number of aliphatic hydroxyl groups is 1. The van der Waals surface area contributed by atoms with E-state index in [0.29, 0.717) is 13.0 Å². The molecule has 0 bridgehead atoms. The Labute approximate surface area is 119 Å². The van der Waals surface area contributed by atoms with Crippen LogP contribution in [0.25, 0.3) is 0 Å². The number of aromatic nitrogens is 1. The van der Waals surface area contributed by atoms with Crippen LogP contribution in [0.1, 0.15) is 25.5 Å². The fraction of sp³-hybridized carbons (Fsp3) is 0.571. The fourth-order valence-electron chi connectivity index (χ4n) is 1.87. The topological polar surface area (TPSA) is 53.4 Å². The Morgan fingerprint density at radius 3 is 2.84 bits per heavy atom. The number of thioether (sulfide) groups is 1. The van der Waals surface area contributed by atoms with E-state index < -0.39 is 0 Å². The van der Waals surface area contributed by atoms with E-state index in [1.54, 1.807) is 22.9 Å². The number of carbonyl (C=O) groups excluding carboxylic acids is 1. The van der Waals surface area contributed by atoms with Crippen molar-refractivity contribution in [1.82, 2.24) is 9.88 Å². The molecule has 106 valence electrons. The largest absolute Gasteiger partial charge is 0.394 e. The summed E-state index contributed by atoms with van der Waals surface area (Å²) in [5.74, 6) is 0.889. The zero-order chi connectivity index (χ0) is 14.1. The lowest BCUT2D eigenvalue weighted by atomic mass is 10.1. The average Bonchev–Trinajstić information content (AvgIpc) is 2.46. The van der Waals surface area contributed by atoms with Crippen LogP contribution in [-0.2, 0) is 11.3 Å². The Kier molecular flexibility index (Phi) is 7.52. The van der Waals surface area contributed by atoms with Crippen molar-refractivity contribution in [2.45, 2.75) is 32.4 Å². The van der Waals surface area contributed by atoms with Crippen molar-refractivity contribution in [2.75, 3.05) is 18.6 Å². The lowest BCUT2D eigenvalue weighted by Crippen LogP contribution is -2.42. The third kappa shape index (κ3) is 5.20. The van der Waals surface area contributed by atoms with Crippen molar-refractivity contribution in [3.8, 4) is 0 Å². The molecule has 1 aromatic heterocycles. The van der Waals surface area contributed by atoms with Crippen molar-refractivity contribution in [3.63, 3.8) is 0 Å². The van der Waals surface area contributed by atoms with Gasteiger partial charge in [0.2, 0.25) is 5.91 Å². The Bertz CT molecular complexity index is 369. The smallest absolute Gasteiger partial charge is 0.224 e. The van der Waals surface area contributed by atoms with Crippen LogP contribution < -0.4 is 0 Å². The number of carbonyl (C=O) groups is 1. The van der Waals surface area contributed by atoms with Gasteiger partial charge in [0.25, 0.3) is 0 Å². The summed E-state index contributed by atoms with van der Waals surface area (Å²) in [5, 5.41) is 9.43. The third-order valence-corrected chi connectivity index (χ3v) is 3.63. The Morgan fingerprint density at radius 1 is 1.53 bits per heavy atom. The number of amides is 1. The van der Waals surface area contributed by atoms with Crippen LogP contribution in [0.15, 0.2) is 24.4 Å². The average molecular weight is 282 g/mol. The van der Waals surface area contributed by atoms with Gasteiger partial charge in [0, 0.05) is 18.4 Å². The molecule has 0 aromatic carbocycles. The minimum absolute atomic E-state index is 0.00561. The minimum Gasteiger partial charge on any atom is -0.394 e. The molecule has 4 nitrogen and oxygen atoms in total. The van der Waals surface area contributed by atoms with Crippen molar-refractivity contribution in [2.24, 2.45) is 0 Å². The highest BCUT2D eigenvalue weighted by atomic mass is 32.2. The number of aliphatic hydroxyl groups excluding tert-OH is 1. The van der Waals surface area contributed by atoms with Crippen LogP contribution in [-0.4, -0.2) is 45.6 Å². The SMILES string of the molecule is CC[C@@H](CO)N(Cc1ccccn1)C(=O)CCSC. The van der Waals surface area contributed by atoms with Crippen LogP contribution in [0.4, 0.5) is 0 Å². The van der Waals surface area contributed by atoms with Gasteiger partial charge in [-0.15, -0.1) is 0 Å². The molecule has 5 heteroatoms. The van der Waals surface area contributed by atoms with Gasteiger partial charge < -0.3 is 10.0 Å². The summed E-state index contributed by atoms with van der Waals surface area (Å²) in [4.78, 5) is 18.2. The minimum atomic E-state index is -0.128. The standard InChI is InChI=1S/C14H22N2O2S/c1-3-13(11-17)16(14(18)7-9-19-2)10-12-6-4-5-8-15-12/h4-6,8,13,17H,3,7,9-11H2,1-2H3/t13-/m0/s1. The number of nitrogens with zero attached hydrogens (tertiary/aromatic N) is 2. The first-order valence-electron chi connectivity index (χ1n) is 6.52. The second-order valence-electron chi connectivity index (χ2n) is 4.33. The molecule has 0 unspecified atom stereocenters.